The van der Waals surface area contributed by atoms with Crippen molar-refractivity contribution in [2.45, 2.75) is 46.6 Å². The number of carbonyl (C=O) groups is 1. The summed E-state index contributed by atoms with van der Waals surface area (Å²) in [7, 11) is 0. The molecule has 1 unspecified atom stereocenters. The van der Waals surface area contributed by atoms with Gasteiger partial charge < -0.3 is 16.0 Å². The maximum absolute atomic E-state index is 11.7. The van der Waals surface area contributed by atoms with E-state index in [0.717, 1.165) is 25.1 Å². The molecule has 1 aromatic carbocycles. The van der Waals surface area contributed by atoms with Crippen LogP contribution in [-0.4, -0.2) is 19.1 Å². The van der Waals surface area contributed by atoms with E-state index in [1.54, 1.807) is 0 Å². The molecule has 4 nitrogen and oxygen atoms in total. The predicted octanol–water partition coefficient (Wildman–Crippen LogP) is 3.91. The molecule has 0 fully saturated rings. The van der Waals surface area contributed by atoms with Crippen LogP contribution in [0.1, 0.15) is 52.1 Å². The second-order valence-electron chi connectivity index (χ2n) is 5.86. The van der Waals surface area contributed by atoms with Gasteiger partial charge in [0.25, 0.3) is 0 Å². The zero-order valence-electron chi connectivity index (χ0n) is 13.7. The molecule has 0 saturated heterocycles. The molecule has 0 aromatic heterocycles. The molecular weight excluding hydrogens is 262 g/mol. The van der Waals surface area contributed by atoms with Crippen LogP contribution in [-0.2, 0) is 0 Å². The Morgan fingerprint density at radius 2 is 1.76 bits per heavy atom. The van der Waals surface area contributed by atoms with Gasteiger partial charge in [-0.05, 0) is 49.9 Å². The minimum Gasteiger partial charge on any atom is -0.338 e. The van der Waals surface area contributed by atoms with E-state index >= 15 is 0 Å². The van der Waals surface area contributed by atoms with Crippen molar-refractivity contribution in [1.29, 1.82) is 0 Å². The Hall–Kier alpha value is -1.55. The second-order valence-corrected chi connectivity index (χ2v) is 5.86. The van der Waals surface area contributed by atoms with E-state index in [2.05, 4.69) is 55.8 Å². The Bertz CT molecular complexity index is 415. The van der Waals surface area contributed by atoms with Gasteiger partial charge in [0.1, 0.15) is 0 Å². The third-order valence-corrected chi connectivity index (χ3v) is 3.38. The van der Waals surface area contributed by atoms with Crippen LogP contribution in [0.15, 0.2) is 24.3 Å². The fourth-order valence-electron chi connectivity index (χ4n) is 1.98. The van der Waals surface area contributed by atoms with Gasteiger partial charge in [0.05, 0.1) is 0 Å². The molecule has 0 aliphatic rings. The number of benzene rings is 1. The summed E-state index contributed by atoms with van der Waals surface area (Å²) in [4.78, 5) is 11.7. The summed E-state index contributed by atoms with van der Waals surface area (Å²) in [6.07, 6.45) is 2.12. The smallest absolute Gasteiger partial charge is 0.319 e. The zero-order chi connectivity index (χ0) is 15.7. The van der Waals surface area contributed by atoms with Crippen molar-refractivity contribution < 1.29 is 4.79 Å². The third-order valence-electron chi connectivity index (χ3n) is 3.38. The van der Waals surface area contributed by atoms with Gasteiger partial charge in [-0.2, -0.15) is 0 Å². The third kappa shape index (κ3) is 7.14. The summed E-state index contributed by atoms with van der Waals surface area (Å²) in [5.74, 6) is 0.599. The number of hydrogen-bond acceptors (Lipinski definition) is 2. The van der Waals surface area contributed by atoms with Crippen molar-refractivity contribution >= 4 is 11.7 Å². The topological polar surface area (TPSA) is 53.2 Å². The number of carbonyl (C=O) groups excluding carboxylic acids is 1. The molecule has 3 N–H and O–H groups in total. The number of rotatable bonds is 8. The summed E-state index contributed by atoms with van der Waals surface area (Å²) < 4.78 is 0. The number of hydrogen-bond donors (Lipinski definition) is 3. The number of amides is 2. The van der Waals surface area contributed by atoms with Crippen molar-refractivity contribution in [3.8, 4) is 0 Å². The maximum atomic E-state index is 11.7. The molecule has 0 aliphatic carbocycles. The molecule has 118 valence electrons. The van der Waals surface area contributed by atoms with Crippen LogP contribution >= 0.6 is 0 Å². The first-order valence-corrected chi connectivity index (χ1v) is 7.91. The monoisotopic (exact) mass is 291 g/mol. The molecular formula is C17H29N3O. The first-order chi connectivity index (χ1) is 10.0. The Balaban J connectivity index is 2.41. The van der Waals surface area contributed by atoms with Gasteiger partial charge >= 0.3 is 6.03 Å². The normalized spacial score (nSPS) is 12.2. The average molecular weight is 291 g/mol. The molecule has 21 heavy (non-hydrogen) atoms. The van der Waals surface area contributed by atoms with Crippen molar-refractivity contribution in [3.63, 3.8) is 0 Å². The van der Waals surface area contributed by atoms with Gasteiger partial charge in [-0.15, -0.1) is 0 Å². The van der Waals surface area contributed by atoms with Crippen LogP contribution in [0.5, 0.6) is 0 Å². The van der Waals surface area contributed by atoms with Crippen molar-refractivity contribution in [1.82, 2.24) is 10.6 Å². The van der Waals surface area contributed by atoms with Gasteiger partial charge in [0.15, 0.2) is 0 Å². The lowest BCUT2D eigenvalue weighted by molar-refractivity contribution is 0.251. The fraction of sp³-hybridized carbons (Fsp3) is 0.588. The Labute approximate surface area is 128 Å². The van der Waals surface area contributed by atoms with E-state index in [1.807, 2.05) is 12.1 Å². The van der Waals surface area contributed by atoms with Crippen LogP contribution in [0.2, 0.25) is 0 Å². The van der Waals surface area contributed by atoms with E-state index in [0.29, 0.717) is 18.5 Å². The molecule has 0 heterocycles. The van der Waals surface area contributed by atoms with Crippen molar-refractivity contribution in [2.24, 2.45) is 5.92 Å². The Morgan fingerprint density at radius 3 is 2.33 bits per heavy atom. The van der Waals surface area contributed by atoms with E-state index in [4.69, 9.17) is 0 Å². The molecule has 1 rings (SSSR count). The van der Waals surface area contributed by atoms with Crippen LogP contribution in [0.4, 0.5) is 10.5 Å². The first kappa shape index (κ1) is 17.5. The maximum Gasteiger partial charge on any atom is 0.319 e. The molecule has 2 amide bonds. The minimum absolute atomic E-state index is 0.138. The lowest BCUT2D eigenvalue weighted by atomic mass is 10.1. The highest BCUT2D eigenvalue weighted by Gasteiger charge is 2.05. The second kappa shape index (κ2) is 9.40. The van der Waals surface area contributed by atoms with E-state index in [9.17, 15) is 4.79 Å². The van der Waals surface area contributed by atoms with Gasteiger partial charge in [-0.25, -0.2) is 4.79 Å². The van der Waals surface area contributed by atoms with Gasteiger partial charge in [0, 0.05) is 18.3 Å². The summed E-state index contributed by atoms with van der Waals surface area (Å²) in [6, 6.07) is 8.19. The van der Waals surface area contributed by atoms with Gasteiger partial charge in [-0.1, -0.05) is 32.9 Å². The SMILES string of the molecule is CCCNC(C)c1ccc(NC(=O)NCCC(C)C)cc1. The molecule has 4 heteroatoms. The minimum atomic E-state index is -0.138. The summed E-state index contributed by atoms with van der Waals surface area (Å²) in [5, 5.41) is 9.17. The number of nitrogens with one attached hydrogen (secondary N) is 3. The predicted molar refractivity (Wildman–Crippen MR) is 89.6 cm³/mol. The quantitative estimate of drug-likeness (QED) is 0.680. The average Bonchev–Trinajstić information content (AvgIpc) is 2.45. The summed E-state index contributed by atoms with van der Waals surface area (Å²) >= 11 is 0. The molecule has 0 bridgehead atoms. The highest BCUT2D eigenvalue weighted by molar-refractivity contribution is 5.89. The van der Waals surface area contributed by atoms with Gasteiger partial charge in [0.2, 0.25) is 0 Å². The molecule has 0 radical (unpaired) electrons. The summed E-state index contributed by atoms with van der Waals surface area (Å²) in [5.41, 5.74) is 2.05. The first-order valence-electron chi connectivity index (χ1n) is 7.91. The standard InChI is InChI=1S/C17H29N3O/c1-5-11-18-14(4)15-6-8-16(9-7-15)20-17(21)19-12-10-13(2)3/h6-9,13-14,18H,5,10-12H2,1-4H3,(H2,19,20,21). The van der Waals surface area contributed by atoms with Crippen molar-refractivity contribution in [2.75, 3.05) is 18.4 Å². The van der Waals surface area contributed by atoms with Crippen LogP contribution in [0.25, 0.3) is 0 Å². The summed E-state index contributed by atoms with van der Waals surface area (Å²) in [6.45, 7) is 10.3. The van der Waals surface area contributed by atoms with E-state index < -0.39 is 0 Å². The van der Waals surface area contributed by atoms with E-state index in [-0.39, 0.29) is 6.03 Å². The van der Waals surface area contributed by atoms with Crippen molar-refractivity contribution in [3.05, 3.63) is 29.8 Å². The number of urea groups is 1. The highest BCUT2D eigenvalue weighted by atomic mass is 16.2. The Kier molecular flexibility index (Phi) is 7.83. The Morgan fingerprint density at radius 1 is 1.10 bits per heavy atom. The van der Waals surface area contributed by atoms with Crippen LogP contribution in [0.3, 0.4) is 0 Å². The highest BCUT2D eigenvalue weighted by Crippen LogP contribution is 2.16. The fourth-order valence-corrected chi connectivity index (χ4v) is 1.98. The van der Waals surface area contributed by atoms with E-state index in [1.165, 1.54) is 5.56 Å². The van der Waals surface area contributed by atoms with Crippen LogP contribution in [0, 0.1) is 5.92 Å². The molecule has 1 atom stereocenters. The lowest BCUT2D eigenvalue weighted by Gasteiger charge is -2.14. The van der Waals surface area contributed by atoms with Crippen LogP contribution < -0.4 is 16.0 Å². The lowest BCUT2D eigenvalue weighted by Crippen LogP contribution is -2.30. The molecule has 0 saturated carbocycles. The largest absolute Gasteiger partial charge is 0.338 e. The van der Waals surface area contributed by atoms with Gasteiger partial charge in [-0.3, -0.25) is 0 Å². The zero-order valence-corrected chi connectivity index (χ0v) is 13.7. The molecule has 0 aliphatic heterocycles. The molecule has 0 spiro atoms. The molecule has 1 aromatic rings. The number of anilines is 1.